The van der Waals surface area contributed by atoms with Crippen LogP contribution in [-0.2, 0) is 6.42 Å². The first-order valence-electron chi connectivity index (χ1n) is 6.48. The smallest absolute Gasteiger partial charge is 0.115 e. The fraction of sp³-hybridized carbons (Fsp3) is 0.250. The first kappa shape index (κ1) is 12.8. The zero-order chi connectivity index (χ0) is 13.4. The normalized spacial score (nSPS) is 17.3. The third-order valence-corrected chi connectivity index (χ3v) is 4.88. The van der Waals surface area contributed by atoms with E-state index in [9.17, 15) is 5.11 Å². The van der Waals surface area contributed by atoms with E-state index in [1.54, 1.807) is 6.07 Å². The Bertz CT molecular complexity index is 624. The highest BCUT2D eigenvalue weighted by Gasteiger charge is 2.22. The Balaban J connectivity index is 1.84. The van der Waals surface area contributed by atoms with Crippen LogP contribution in [0.5, 0.6) is 5.75 Å². The lowest BCUT2D eigenvalue weighted by Gasteiger charge is -2.16. The van der Waals surface area contributed by atoms with E-state index < -0.39 is 0 Å². The molecule has 0 fully saturated rings. The molecule has 1 atom stereocenters. The van der Waals surface area contributed by atoms with Crippen molar-refractivity contribution >= 4 is 28.3 Å². The standard InChI is InChI=1S/C16H16INO/c1-10-2-4-12(9-15(10)17)18-16-7-3-11-8-13(19)5-6-14(11)16/h2,4-6,8-9,16,18-19H,3,7H2,1H3. The molecular weight excluding hydrogens is 349 g/mol. The molecule has 0 saturated heterocycles. The van der Waals surface area contributed by atoms with E-state index in [0.717, 1.165) is 12.8 Å². The van der Waals surface area contributed by atoms with Crippen LogP contribution in [0.25, 0.3) is 0 Å². The van der Waals surface area contributed by atoms with Crippen molar-refractivity contribution in [3.63, 3.8) is 0 Å². The second-order valence-electron chi connectivity index (χ2n) is 5.08. The van der Waals surface area contributed by atoms with Crippen LogP contribution in [0.1, 0.15) is 29.2 Å². The van der Waals surface area contributed by atoms with Crippen LogP contribution in [0.15, 0.2) is 36.4 Å². The van der Waals surface area contributed by atoms with Crippen LogP contribution < -0.4 is 5.32 Å². The molecule has 0 aromatic heterocycles. The zero-order valence-electron chi connectivity index (χ0n) is 10.8. The van der Waals surface area contributed by atoms with Gasteiger partial charge in [0.1, 0.15) is 5.75 Å². The molecule has 1 unspecified atom stereocenters. The maximum absolute atomic E-state index is 9.52. The third-order valence-electron chi connectivity index (χ3n) is 3.72. The molecule has 2 aromatic carbocycles. The Morgan fingerprint density at radius 2 is 2.05 bits per heavy atom. The minimum absolute atomic E-state index is 0.356. The SMILES string of the molecule is Cc1ccc(NC2CCc3cc(O)ccc32)cc1I. The molecule has 0 heterocycles. The van der Waals surface area contributed by atoms with Crippen molar-refractivity contribution in [2.24, 2.45) is 0 Å². The van der Waals surface area contributed by atoms with E-state index in [2.05, 4.69) is 53.0 Å². The number of hydrogen-bond donors (Lipinski definition) is 2. The Labute approximate surface area is 127 Å². The van der Waals surface area contributed by atoms with Crippen LogP contribution in [0.3, 0.4) is 0 Å². The number of rotatable bonds is 2. The number of aromatic hydroxyl groups is 1. The molecule has 0 saturated carbocycles. The molecule has 1 aliphatic rings. The quantitative estimate of drug-likeness (QED) is 0.773. The van der Waals surface area contributed by atoms with Gasteiger partial charge < -0.3 is 10.4 Å². The van der Waals surface area contributed by atoms with Gasteiger partial charge in [-0.3, -0.25) is 0 Å². The van der Waals surface area contributed by atoms with E-state index in [4.69, 9.17) is 0 Å². The zero-order valence-corrected chi connectivity index (χ0v) is 12.9. The summed E-state index contributed by atoms with van der Waals surface area (Å²) in [5.41, 5.74) is 5.05. The number of nitrogens with one attached hydrogen (secondary N) is 1. The molecule has 0 bridgehead atoms. The molecule has 3 rings (SSSR count). The summed E-state index contributed by atoms with van der Waals surface area (Å²) in [7, 11) is 0. The van der Waals surface area contributed by atoms with Gasteiger partial charge in [0.05, 0.1) is 6.04 Å². The number of hydrogen-bond acceptors (Lipinski definition) is 2. The summed E-state index contributed by atoms with van der Waals surface area (Å²) < 4.78 is 1.28. The molecule has 2 aromatic rings. The van der Waals surface area contributed by atoms with E-state index in [1.807, 2.05) is 12.1 Å². The molecule has 1 aliphatic carbocycles. The molecule has 3 heteroatoms. The van der Waals surface area contributed by atoms with Gasteiger partial charge in [-0.1, -0.05) is 12.1 Å². The lowest BCUT2D eigenvalue weighted by atomic mass is 10.1. The van der Waals surface area contributed by atoms with Gasteiger partial charge in [-0.2, -0.15) is 0 Å². The Kier molecular flexibility index (Phi) is 3.39. The minimum atomic E-state index is 0.356. The lowest BCUT2D eigenvalue weighted by Crippen LogP contribution is -2.07. The van der Waals surface area contributed by atoms with Crippen molar-refractivity contribution in [2.45, 2.75) is 25.8 Å². The number of phenols is 1. The van der Waals surface area contributed by atoms with E-state index in [1.165, 1.54) is 25.9 Å². The molecule has 98 valence electrons. The topological polar surface area (TPSA) is 32.3 Å². The van der Waals surface area contributed by atoms with Crippen LogP contribution in [0.4, 0.5) is 5.69 Å². The molecule has 0 spiro atoms. The summed E-state index contributed by atoms with van der Waals surface area (Å²) in [4.78, 5) is 0. The monoisotopic (exact) mass is 365 g/mol. The lowest BCUT2D eigenvalue weighted by molar-refractivity contribution is 0.474. The number of phenolic OH excluding ortho intramolecular Hbond substituents is 1. The summed E-state index contributed by atoms with van der Waals surface area (Å²) in [5, 5.41) is 13.1. The van der Waals surface area contributed by atoms with E-state index >= 15 is 0 Å². The first-order chi connectivity index (χ1) is 9.13. The molecule has 0 amide bonds. The predicted octanol–water partition coefficient (Wildman–Crippen LogP) is 4.40. The van der Waals surface area contributed by atoms with Gasteiger partial charge in [-0.25, -0.2) is 0 Å². The van der Waals surface area contributed by atoms with Crippen molar-refractivity contribution in [1.29, 1.82) is 0 Å². The molecule has 2 N–H and O–H groups in total. The highest BCUT2D eigenvalue weighted by molar-refractivity contribution is 14.1. The molecular formula is C16H16INO. The summed E-state index contributed by atoms with van der Waals surface area (Å²) in [5.74, 6) is 0.365. The maximum Gasteiger partial charge on any atom is 0.115 e. The van der Waals surface area contributed by atoms with Crippen LogP contribution in [-0.4, -0.2) is 5.11 Å². The average Bonchev–Trinajstić information content (AvgIpc) is 2.76. The summed E-state index contributed by atoms with van der Waals surface area (Å²) in [6.45, 7) is 2.12. The number of aryl methyl sites for hydroxylation is 2. The van der Waals surface area contributed by atoms with Gasteiger partial charge >= 0.3 is 0 Å². The van der Waals surface area contributed by atoms with Crippen molar-refractivity contribution in [3.05, 3.63) is 56.7 Å². The summed E-state index contributed by atoms with van der Waals surface area (Å²) >= 11 is 2.37. The van der Waals surface area contributed by atoms with Crippen molar-refractivity contribution in [1.82, 2.24) is 0 Å². The largest absolute Gasteiger partial charge is 0.508 e. The number of halogens is 1. The average molecular weight is 365 g/mol. The highest BCUT2D eigenvalue weighted by atomic mass is 127. The van der Waals surface area contributed by atoms with Gasteiger partial charge in [0.25, 0.3) is 0 Å². The summed E-state index contributed by atoms with van der Waals surface area (Å²) in [6, 6.07) is 12.5. The van der Waals surface area contributed by atoms with Crippen LogP contribution >= 0.6 is 22.6 Å². The second kappa shape index (κ2) is 5.04. The predicted molar refractivity (Wildman–Crippen MR) is 86.7 cm³/mol. The third kappa shape index (κ3) is 2.56. The molecule has 19 heavy (non-hydrogen) atoms. The van der Waals surface area contributed by atoms with Gasteiger partial charge in [0.2, 0.25) is 0 Å². The Morgan fingerprint density at radius 3 is 2.84 bits per heavy atom. The number of anilines is 1. The number of benzene rings is 2. The Morgan fingerprint density at radius 1 is 1.21 bits per heavy atom. The van der Waals surface area contributed by atoms with Crippen molar-refractivity contribution < 1.29 is 5.11 Å². The van der Waals surface area contributed by atoms with Crippen molar-refractivity contribution in [3.8, 4) is 5.75 Å². The number of fused-ring (bicyclic) bond motifs is 1. The van der Waals surface area contributed by atoms with Crippen molar-refractivity contribution in [2.75, 3.05) is 5.32 Å². The summed E-state index contributed by atoms with van der Waals surface area (Å²) in [6.07, 6.45) is 2.12. The fourth-order valence-corrected chi connectivity index (χ4v) is 3.15. The van der Waals surface area contributed by atoms with E-state index in [-0.39, 0.29) is 0 Å². The highest BCUT2D eigenvalue weighted by Crippen LogP contribution is 2.35. The maximum atomic E-state index is 9.52. The molecule has 0 radical (unpaired) electrons. The van der Waals surface area contributed by atoms with Gasteiger partial charge in [0, 0.05) is 9.26 Å². The second-order valence-corrected chi connectivity index (χ2v) is 6.24. The minimum Gasteiger partial charge on any atom is -0.508 e. The van der Waals surface area contributed by atoms with Crippen LogP contribution in [0, 0.1) is 10.5 Å². The molecule has 2 nitrogen and oxygen atoms in total. The fourth-order valence-electron chi connectivity index (χ4n) is 2.64. The van der Waals surface area contributed by atoms with Gasteiger partial charge in [0.15, 0.2) is 0 Å². The first-order valence-corrected chi connectivity index (χ1v) is 7.56. The van der Waals surface area contributed by atoms with Gasteiger partial charge in [-0.05, 0) is 83.3 Å². The Hall–Kier alpha value is -1.23. The van der Waals surface area contributed by atoms with Gasteiger partial charge in [-0.15, -0.1) is 0 Å². The van der Waals surface area contributed by atoms with E-state index in [0.29, 0.717) is 11.8 Å². The van der Waals surface area contributed by atoms with Crippen LogP contribution in [0.2, 0.25) is 0 Å². The molecule has 0 aliphatic heterocycles.